The van der Waals surface area contributed by atoms with Gasteiger partial charge in [-0.2, -0.15) is 8.97 Å². The van der Waals surface area contributed by atoms with Gasteiger partial charge in [0.1, 0.15) is 17.6 Å². The van der Waals surface area contributed by atoms with Crippen LogP contribution in [0.2, 0.25) is 0 Å². The number of hydrogen-bond acceptors (Lipinski definition) is 1. The summed E-state index contributed by atoms with van der Waals surface area (Å²) in [5.41, 5.74) is 16.1. The lowest BCUT2D eigenvalue weighted by atomic mass is 9.73. The second-order valence-corrected chi connectivity index (χ2v) is 21.9. The van der Waals surface area contributed by atoms with Gasteiger partial charge in [0.25, 0.3) is 0 Å². The molecule has 0 fully saturated rings. The zero-order chi connectivity index (χ0) is 40.4. The summed E-state index contributed by atoms with van der Waals surface area (Å²) < 4.78 is 7.86. The lowest BCUT2D eigenvalue weighted by molar-refractivity contribution is -0.537. The van der Waals surface area contributed by atoms with Gasteiger partial charge in [-0.15, -0.1) is 0 Å². The molecule has 0 amide bonds. The molecule has 0 N–H and O–H groups in total. The maximum absolute atomic E-state index is 2.77. The standard InChI is InChI=1S/C53H60N4/c1-49(2,3)34-17-19-44-41(29-34)37-18-20-43-40-27-33(32-24-35(50(4,5)6)28-36(25-32)51(7,8)9)26-39-38(40)30-45(54-23-15-14-16-42(39)54)46-31-55-47(57(44)48(37)56(43)46)21-22-53(55,13)52(10,11)12/h14-21,23-29H,22,30-31H2,1-13H3/q+2. The van der Waals surface area contributed by atoms with E-state index < -0.39 is 0 Å². The molecule has 7 heterocycles. The molecular formula is C53H60N4+2. The number of fused-ring (bicyclic) bond motifs is 7. The van der Waals surface area contributed by atoms with E-state index in [2.05, 4.69) is 199 Å². The summed E-state index contributed by atoms with van der Waals surface area (Å²) in [4.78, 5) is 2.77. The topological polar surface area (TPSA) is 15.6 Å². The fraction of sp³-hybridized carbons (Fsp3) is 0.396. The molecule has 57 heavy (non-hydrogen) atoms. The average molecular weight is 753 g/mol. The lowest BCUT2D eigenvalue weighted by Crippen LogP contribution is -2.54. The minimum atomic E-state index is -0.0773. The zero-order valence-electron chi connectivity index (χ0n) is 36.6. The molecule has 1 unspecified atom stereocenters. The normalized spacial score (nSPS) is 18.2. The van der Waals surface area contributed by atoms with Crippen molar-refractivity contribution in [1.29, 1.82) is 0 Å². The van der Waals surface area contributed by atoms with Crippen molar-refractivity contribution >= 4 is 49.6 Å². The highest BCUT2D eigenvalue weighted by molar-refractivity contribution is 6.07. The van der Waals surface area contributed by atoms with Crippen molar-refractivity contribution in [3.63, 3.8) is 0 Å². The highest BCUT2D eigenvalue weighted by Gasteiger charge is 2.53. The third kappa shape index (κ3) is 5.11. The van der Waals surface area contributed by atoms with Crippen molar-refractivity contribution in [1.82, 2.24) is 9.30 Å². The molecule has 4 nitrogen and oxygen atoms in total. The smallest absolute Gasteiger partial charge is 0.247 e. The van der Waals surface area contributed by atoms with Gasteiger partial charge in [0.05, 0.1) is 22.7 Å². The van der Waals surface area contributed by atoms with E-state index in [0.29, 0.717) is 0 Å². The SMILES string of the molecule is CC(C)(C)c1cc(-c2cc3c4c(c2)c2cccc[n+]2c(c2n5c3ccc3c6cc(C(C)(C)C)ccc6[n+](c35)C3=CCC(C)(C(C)(C)C)N3C2)C4)cc(C(C)(C)C)c1. The molecule has 0 spiro atoms. The Hall–Kier alpha value is -4.96. The fourth-order valence-corrected chi connectivity index (χ4v) is 10.1. The number of rotatable bonds is 1. The van der Waals surface area contributed by atoms with Crippen LogP contribution in [0, 0.1) is 5.41 Å². The van der Waals surface area contributed by atoms with Crippen LogP contribution in [0.25, 0.3) is 60.7 Å². The molecule has 3 aliphatic rings. The number of aromatic nitrogens is 3. The first-order chi connectivity index (χ1) is 26.6. The van der Waals surface area contributed by atoms with Gasteiger partial charge in [0.2, 0.25) is 22.7 Å². The van der Waals surface area contributed by atoms with Crippen LogP contribution in [0.1, 0.15) is 130 Å². The van der Waals surface area contributed by atoms with Gasteiger partial charge >= 0.3 is 0 Å². The summed E-state index contributed by atoms with van der Waals surface area (Å²) in [7, 11) is 0. The van der Waals surface area contributed by atoms with E-state index in [1.54, 1.807) is 0 Å². The van der Waals surface area contributed by atoms with Crippen LogP contribution in [0.3, 0.4) is 0 Å². The van der Waals surface area contributed by atoms with Crippen LogP contribution in [-0.2, 0) is 29.2 Å². The Labute approximate surface area is 339 Å². The molecule has 0 saturated carbocycles. The first kappa shape index (κ1) is 36.4. The number of nitrogens with zero attached hydrogens (tertiary/aromatic N) is 4. The van der Waals surface area contributed by atoms with E-state index in [1.807, 2.05) is 0 Å². The Morgan fingerprint density at radius 3 is 1.95 bits per heavy atom. The van der Waals surface area contributed by atoms with Crippen molar-refractivity contribution in [3.05, 3.63) is 125 Å². The highest BCUT2D eigenvalue weighted by atomic mass is 15.4. The van der Waals surface area contributed by atoms with Gasteiger partial charge in [-0.3, -0.25) is 4.90 Å². The van der Waals surface area contributed by atoms with Crippen LogP contribution in [0.15, 0.2) is 91.1 Å². The maximum Gasteiger partial charge on any atom is 0.247 e. The Morgan fingerprint density at radius 2 is 1.28 bits per heavy atom. The second kappa shape index (κ2) is 11.4. The fourth-order valence-electron chi connectivity index (χ4n) is 10.1. The molecule has 7 aromatic rings. The first-order valence-electron chi connectivity index (χ1n) is 21.2. The molecule has 3 aliphatic heterocycles. The van der Waals surface area contributed by atoms with E-state index in [4.69, 9.17) is 0 Å². The van der Waals surface area contributed by atoms with E-state index in [9.17, 15) is 0 Å². The van der Waals surface area contributed by atoms with Gasteiger partial charge in [-0.1, -0.05) is 107 Å². The minimum absolute atomic E-state index is 0.0271. The van der Waals surface area contributed by atoms with Crippen LogP contribution >= 0.6 is 0 Å². The number of hydrogen-bond donors (Lipinski definition) is 0. The van der Waals surface area contributed by atoms with Crippen LogP contribution in [-0.4, -0.2) is 14.8 Å². The van der Waals surface area contributed by atoms with Gasteiger partial charge in [-0.05, 0) is 111 Å². The highest BCUT2D eigenvalue weighted by Crippen LogP contribution is 2.49. The Balaban J connectivity index is 1.42. The van der Waals surface area contributed by atoms with Gasteiger partial charge in [0, 0.05) is 29.3 Å². The van der Waals surface area contributed by atoms with E-state index >= 15 is 0 Å². The quantitative estimate of drug-likeness (QED) is 0.153. The molecule has 10 rings (SSSR count). The summed E-state index contributed by atoms with van der Waals surface area (Å²) in [6, 6.07) is 31.3. The van der Waals surface area contributed by atoms with Crippen molar-refractivity contribution in [3.8, 4) is 11.1 Å². The Morgan fingerprint density at radius 1 is 0.614 bits per heavy atom. The van der Waals surface area contributed by atoms with E-state index in [0.717, 1.165) is 19.4 Å². The maximum atomic E-state index is 2.77. The number of pyridine rings is 2. The third-order valence-electron chi connectivity index (χ3n) is 14.3. The summed E-state index contributed by atoms with van der Waals surface area (Å²) >= 11 is 0. The molecule has 0 aliphatic carbocycles. The second-order valence-electron chi connectivity index (χ2n) is 21.9. The van der Waals surface area contributed by atoms with Crippen LogP contribution < -0.4 is 8.97 Å². The lowest BCUT2D eigenvalue weighted by Gasteiger charge is -2.43. The van der Waals surface area contributed by atoms with E-state index in [-0.39, 0.29) is 27.2 Å². The zero-order valence-corrected chi connectivity index (χ0v) is 36.6. The Kier molecular flexibility index (Phi) is 7.26. The molecule has 0 saturated heterocycles. The molecule has 3 aromatic carbocycles. The molecule has 4 heteroatoms. The molecule has 290 valence electrons. The number of benzene rings is 3. The van der Waals surface area contributed by atoms with Crippen LogP contribution in [0.4, 0.5) is 0 Å². The molecule has 0 radical (unpaired) electrons. The van der Waals surface area contributed by atoms with Crippen LogP contribution in [0.5, 0.6) is 0 Å². The predicted molar refractivity (Wildman–Crippen MR) is 239 cm³/mol. The van der Waals surface area contributed by atoms with Crippen molar-refractivity contribution in [2.24, 2.45) is 5.41 Å². The van der Waals surface area contributed by atoms with Gasteiger partial charge < -0.3 is 0 Å². The summed E-state index contributed by atoms with van der Waals surface area (Å²) in [6.07, 6.45) is 6.75. The predicted octanol–water partition coefficient (Wildman–Crippen LogP) is 12.3. The third-order valence-corrected chi connectivity index (χ3v) is 14.3. The molecule has 4 aromatic heterocycles. The summed E-state index contributed by atoms with van der Waals surface area (Å²) in [5.74, 6) is 1.32. The van der Waals surface area contributed by atoms with Gasteiger partial charge in [0.15, 0.2) is 11.9 Å². The Bertz CT molecular complexity index is 2950. The molecular weight excluding hydrogens is 693 g/mol. The summed E-state index contributed by atoms with van der Waals surface area (Å²) in [5, 5.41) is 5.32. The average Bonchev–Trinajstić information content (AvgIpc) is 3.54. The van der Waals surface area contributed by atoms with E-state index in [1.165, 1.54) is 94.3 Å². The largest absolute Gasteiger partial charge is 0.279 e. The molecule has 1 atom stereocenters. The van der Waals surface area contributed by atoms with Gasteiger partial charge in [-0.25, -0.2) is 4.40 Å². The van der Waals surface area contributed by atoms with Crippen molar-refractivity contribution < 1.29 is 8.97 Å². The monoisotopic (exact) mass is 752 g/mol. The molecule has 4 bridgehead atoms. The first-order valence-corrected chi connectivity index (χ1v) is 21.2. The minimum Gasteiger partial charge on any atom is -0.279 e. The van der Waals surface area contributed by atoms with Crippen molar-refractivity contribution in [2.45, 2.75) is 131 Å². The van der Waals surface area contributed by atoms with Crippen molar-refractivity contribution in [2.75, 3.05) is 0 Å². The summed E-state index contributed by atoms with van der Waals surface area (Å²) in [6.45, 7) is 31.7.